The molecule has 4 heteroatoms. The topological polar surface area (TPSA) is 30.5 Å². The van der Waals surface area contributed by atoms with Crippen molar-refractivity contribution in [1.29, 1.82) is 0 Å². The first-order chi connectivity index (χ1) is 11.2. The van der Waals surface area contributed by atoms with Crippen LogP contribution in [-0.4, -0.2) is 20.3 Å². The van der Waals surface area contributed by atoms with Crippen molar-refractivity contribution < 1.29 is 9.47 Å². The van der Waals surface area contributed by atoms with E-state index in [4.69, 9.17) is 9.47 Å². The second-order valence-corrected chi connectivity index (χ2v) is 6.76. The van der Waals surface area contributed by atoms with E-state index in [1.807, 2.05) is 0 Å². The Labute approximate surface area is 150 Å². The average Bonchev–Trinajstić information content (AvgIpc) is 2.55. The van der Waals surface area contributed by atoms with Gasteiger partial charge in [0.1, 0.15) is 0 Å². The van der Waals surface area contributed by atoms with Crippen LogP contribution in [0.5, 0.6) is 11.5 Å². The summed E-state index contributed by atoms with van der Waals surface area (Å²) < 4.78 is 12.2. The number of unbranched alkanes of at least 4 members (excludes halogenated alkanes) is 5. The van der Waals surface area contributed by atoms with E-state index in [9.17, 15) is 0 Å². The van der Waals surface area contributed by atoms with Crippen molar-refractivity contribution in [2.75, 3.05) is 20.3 Å². The molecule has 0 heterocycles. The van der Waals surface area contributed by atoms with Crippen LogP contribution in [0.1, 0.15) is 64.4 Å². The largest absolute Gasteiger partial charge is 0.493 e. The van der Waals surface area contributed by atoms with Gasteiger partial charge in [0.25, 0.3) is 0 Å². The summed E-state index contributed by atoms with van der Waals surface area (Å²) in [4.78, 5) is 0. The fourth-order valence-corrected chi connectivity index (χ4v) is 3.09. The highest BCUT2D eigenvalue weighted by Gasteiger charge is 2.11. The lowest BCUT2D eigenvalue weighted by Crippen LogP contribution is -2.15. The van der Waals surface area contributed by atoms with Crippen LogP contribution >= 0.6 is 15.9 Å². The van der Waals surface area contributed by atoms with E-state index in [1.54, 1.807) is 7.11 Å². The van der Waals surface area contributed by atoms with Crippen LogP contribution in [-0.2, 0) is 6.54 Å². The molecule has 1 N–H and O–H groups in total. The minimum Gasteiger partial charge on any atom is -0.493 e. The number of nitrogens with one attached hydrogen (secondary N) is 1. The zero-order chi connectivity index (χ0) is 16.9. The molecule has 0 fully saturated rings. The monoisotopic (exact) mass is 385 g/mol. The zero-order valence-corrected chi connectivity index (χ0v) is 16.5. The van der Waals surface area contributed by atoms with E-state index in [0.29, 0.717) is 6.61 Å². The number of benzene rings is 1. The summed E-state index contributed by atoms with van der Waals surface area (Å²) in [5.74, 6) is 1.60. The Hall–Kier alpha value is -0.740. The van der Waals surface area contributed by atoms with Crippen LogP contribution in [0.3, 0.4) is 0 Å². The molecule has 1 aromatic rings. The number of rotatable bonds is 13. The van der Waals surface area contributed by atoms with Crippen LogP contribution in [0, 0.1) is 0 Å². The van der Waals surface area contributed by atoms with Crippen LogP contribution in [0.15, 0.2) is 16.6 Å². The Balaban J connectivity index is 2.38. The number of hydrogen-bond donors (Lipinski definition) is 1. The van der Waals surface area contributed by atoms with E-state index in [1.165, 1.54) is 44.1 Å². The second-order valence-electron chi connectivity index (χ2n) is 5.90. The zero-order valence-electron chi connectivity index (χ0n) is 14.9. The normalized spacial score (nSPS) is 10.8. The van der Waals surface area contributed by atoms with Crippen LogP contribution in [0.25, 0.3) is 0 Å². The molecule has 0 bridgehead atoms. The lowest BCUT2D eigenvalue weighted by molar-refractivity contribution is 0.292. The summed E-state index contributed by atoms with van der Waals surface area (Å²) in [5, 5.41) is 3.52. The molecule has 1 rings (SSSR count). The average molecular weight is 386 g/mol. The van der Waals surface area contributed by atoms with Gasteiger partial charge < -0.3 is 14.8 Å². The molecule has 0 unspecified atom stereocenters. The molecule has 0 radical (unpaired) electrons. The third kappa shape index (κ3) is 8.07. The van der Waals surface area contributed by atoms with Gasteiger partial charge in [-0.2, -0.15) is 0 Å². The van der Waals surface area contributed by atoms with Gasteiger partial charge in [-0.25, -0.2) is 0 Å². The molecule has 0 aliphatic rings. The summed E-state index contributed by atoms with van der Waals surface area (Å²) in [7, 11) is 1.69. The van der Waals surface area contributed by atoms with Gasteiger partial charge in [0.15, 0.2) is 11.5 Å². The molecule has 0 spiro atoms. The summed E-state index contributed by atoms with van der Waals surface area (Å²) >= 11 is 3.59. The van der Waals surface area contributed by atoms with Crippen molar-refractivity contribution >= 4 is 15.9 Å². The maximum absolute atomic E-state index is 5.76. The molecule has 0 saturated heterocycles. The fraction of sp³-hybridized carbons (Fsp3) is 0.684. The van der Waals surface area contributed by atoms with Crippen LogP contribution in [0.2, 0.25) is 0 Å². The van der Waals surface area contributed by atoms with Gasteiger partial charge in [-0.1, -0.05) is 46.0 Å². The molecule has 0 aliphatic heterocycles. The lowest BCUT2D eigenvalue weighted by atomic mass is 10.1. The first-order valence-corrected chi connectivity index (χ1v) is 9.72. The fourth-order valence-electron chi connectivity index (χ4n) is 2.48. The number of hydrogen-bond acceptors (Lipinski definition) is 3. The van der Waals surface area contributed by atoms with Gasteiger partial charge in [-0.3, -0.25) is 0 Å². The SMILES string of the molecule is CCCCCCCCNCc1cc(Br)c(OCCC)c(OC)c1. The highest BCUT2D eigenvalue weighted by molar-refractivity contribution is 9.10. The Morgan fingerprint density at radius 2 is 1.74 bits per heavy atom. The molecule has 0 amide bonds. The quantitative estimate of drug-likeness (QED) is 0.442. The molecule has 132 valence electrons. The third-order valence-electron chi connectivity index (χ3n) is 3.78. The van der Waals surface area contributed by atoms with Gasteiger partial charge in [0.2, 0.25) is 0 Å². The van der Waals surface area contributed by atoms with Crippen molar-refractivity contribution in [3.05, 3.63) is 22.2 Å². The molecule has 0 saturated carbocycles. The maximum Gasteiger partial charge on any atom is 0.175 e. The smallest absolute Gasteiger partial charge is 0.175 e. The van der Waals surface area contributed by atoms with Gasteiger partial charge in [0.05, 0.1) is 18.2 Å². The molecular weight excluding hydrogens is 354 g/mol. The maximum atomic E-state index is 5.76. The Bertz CT molecular complexity index is 438. The van der Waals surface area contributed by atoms with E-state index < -0.39 is 0 Å². The van der Waals surface area contributed by atoms with E-state index in [-0.39, 0.29) is 0 Å². The van der Waals surface area contributed by atoms with Crippen molar-refractivity contribution in [1.82, 2.24) is 5.32 Å². The summed E-state index contributed by atoms with van der Waals surface area (Å²) in [6.45, 7) is 6.98. The molecule has 23 heavy (non-hydrogen) atoms. The Morgan fingerprint density at radius 1 is 1.00 bits per heavy atom. The van der Waals surface area contributed by atoms with Gasteiger partial charge in [0, 0.05) is 6.54 Å². The van der Waals surface area contributed by atoms with E-state index in [0.717, 1.165) is 35.5 Å². The predicted octanol–water partition coefficient (Wildman–Crippen LogP) is 5.70. The minimum atomic E-state index is 0.699. The molecular formula is C19H32BrNO2. The number of halogens is 1. The van der Waals surface area contributed by atoms with Gasteiger partial charge in [-0.05, 0) is 53.0 Å². The van der Waals surface area contributed by atoms with Crippen molar-refractivity contribution in [2.45, 2.75) is 65.3 Å². The number of methoxy groups -OCH3 is 1. The highest BCUT2D eigenvalue weighted by Crippen LogP contribution is 2.36. The Morgan fingerprint density at radius 3 is 2.43 bits per heavy atom. The first-order valence-electron chi connectivity index (χ1n) is 8.92. The molecule has 0 atom stereocenters. The summed E-state index contributed by atoms with van der Waals surface area (Å²) in [6.07, 6.45) is 8.97. The lowest BCUT2D eigenvalue weighted by Gasteiger charge is -2.14. The van der Waals surface area contributed by atoms with Gasteiger partial charge >= 0.3 is 0 Å². The predicted molar refractivity (Wildman–Crippen MR) is 102 cm³/mol. The second kappa shape index (κ2) is 12.7. The molecule has 3 nitrogen and oxygen atoms in total. The first kappa shape index (κ1) is 20.3. The van der Waals surface area contributed by atoms with Crippen molar-refractivity contribution in [3.8, 4) is 11.5 Å². The molecule has 0 aliphatic carbocycles. The Kier molecular flexibility index (Phi) is 11.2. The third-order valence-corrected chi connectivity index (χ3v) is 4.37. The highest BCUT2D eigenvalue weighted by atomic mass is 79.9. The van der Waals surface area contributed by atoms with Crippen molar-refractivity contribution in [2.24, 2.45) is 0 Å². The standard InChI is InChI=1S/C19H32BrNO2/c1-4-6-7-8-9-10-11-21-15-16-13-17(20)19(23-12-5-2)18(14-16)22-3/h13-14,21H,4-12,15H2,1-3H3. The van der Waals surface area contributed by atoms with Crippen LogP contribution in [0.4, 0.5) is 0 Å². The minimum absolute atomic E-state index is 0.699. The van der Waals surface area contributed by atoms with Crippen LogP contribution < -0.4 is 14.8 Å². The van der Waals surface area contributed by atoms with Gasteiger partial charge in [-0.15, -0.1) is 0 Å². The molecule has 0 aromatic heterocycles. The number of ether oxygens (including phenoxy) is 2. The van der Waals surface area contributed by atoms with E-state index >= 15 is 0 Å². The van der Waals surface area contributed by atoms with E-state index in [2.05, 4.69) is 47.2 Å². The van der Waals surface area contributed by atoms with Crippen molar-refractivity contribution in [3.63, 3.8) is 0 Å². The summed E-state index contributed by atoms with van der Waals surface area (Å²) in [5.41, 5.74) is 1.21. The molecule has 1 aromatic carbocycles. The summed E-state index contributed by atoms with van der Waals surface area (Å²) in [6, 6.07) is 4.17.